The van der Waals surface area contributed by atoms with Gasteiger partial charge in [0, 0.05) is 4.88 Å². The van der Waals surface area contributed by atoms with Crippen molar-refractivity contribution in [2.75, 3.05) is 0 Å². The maximum absolute atomic E-state index is 6.16. The summed E-state index contributed by atoms with van der Waals surface area (Å²) in [6, 6.07) is 12.6. The maximum Gasteiger partial charge on any atom is 0.242 e. The van der Waals surface area contributed by atoms with Gasteiger partial charge in [0.2, 0.25) is 8.32 Å². The van der Waals surface area contributed by atoms with Crippen LogP contribution in [0.4, 0.5) is 0 Å². The van der Waals surface area contributed by atoms with Crippen LogP contribution in [-0.4, -0.2) is 8.32 Å². The number of rotatable bonds is 3. The van der Waals surface area contributed by atoms with Crippen LogP contribution in [0.2, 0.25) is 19.6 Å². The lowest BCUT2D eigenvalue weighted by Crippen LogP contribution is -2.29. The fraction of sp³-hybridized carbons (Fsp3) is 0.286. The summed E-state index contributed by atoms with van der Waals surface area (Å²) in [6.45, 7) is 8.78. The second-order valence-electron chi connectivity index (χ2n) is 5.13. The monoisotopic (exact) mass is 262 g/mol. The number of thiophene rings is 1. The van der Waals surface area contributed by atoms with Gasteiger partial charge < -0.3 is 4.43 Å². The Morgan fingerprint density at radius 3 is 2.29 bits per heavy atom. The Balaban J connectivity index is 2.41. The summed E-state index contributed by atoms with van der Waals surface area (Å²) < 4.78 is 6.16. The molecule has 3 heteroatoms. The van der Waals surface area contributed by atoms with Crippen molar-refractivity contribution in [3.63, 3.8) is 0 Å². The van der Waals surface area contributed by atoms with Gasteiger partial charge in [-0.2, -0.15) is 0 Å². The number of hydrogen-bond donors (Lipinski definition) is 0. The molecule has 0 aliphatic rings. The van der Waals surface area contributed by atoms with Crippen LogP contribution in [0.1, 0.15) is 4.88 Å². The highest BCUT2D eigenvalue weighted by molar-refractivity contribution is 7.15. The Kier molecular flexibility index (Phi) is 3.40. The van der Waals surface area contributed by atoms with Gasteiger partial charge in [0.1, 0.15) is 5.75 Å². The fourth-order valence-electron chi connectivity index (χ4n) is 1.69. The van der Waals surface area contributed by atoms with E-state index >= 15 is 0 Å². The van der Waals surface area contributed by atoms with Crippen LogP contribution in [0.25, 0.3) is 10.4 Å². The van der Waals surface area contributed by atoms with Crippen LogP contribution in [0, 0.1) is 6.92 Å². The summed E-state index contributed by atoms with van der Waals surface area (Å²) >= 11 is 1.81. The first-order valence-electron chi connectivity index (χ1n) is 5.80. The van der Waals surface area contributed by atoms with Crippen molar-refractivity contribution in [3.05, 3.63) is 41.3 Å². The summed E-state index contributed by atoms with van der Waals surface area (Å²) in [5, 5.41) is 0. The quantitative estimate of drug-likeness (QED) is 0.712. The predicted molar refractivity (Wildman–Crippen MR) is 78.5 cm³/mol. The van der Waals surface area contributed by atoms with Crippen molar-refractivity contribution < 1.29 is 4.43 Å². The minimum Gasteiger partial charge on any atom is -0.543 e. The molecule has 1 heterocycles. The molecule has 0 aliphatic heterocycles. The second kappa shape index (κ2) is 4.67. The average molecular weight is 262 g/mol. The molecule has 17 heavy (non-hydrogen) atoms. The van der Waals surface area contributed by atoms with E-state index in [9.17, 15) is 0 Å². The third-order valence-corrected chi connectivity index (χ3v) is 4.19. The standard InChI is InChI=1S/C14H18OSSi/c1-11-10-13(15-17(2,3)4)14(16-11)12-8-6-5-7-9-12/h5-10H,1-4H3. The van der Waals surface area contributed by atoms with Gasteiger partial charge in [-0.25, -0.2) is 0 Å². The molecule has 2 rings (SSSR count). The van der Waals surface area contributed by atoms with Crippen molar-refractivity contribution >= 4 is 19.7 Å². The normalized spacial score (nSPS) is 11.5. The first-order valence-corrected chi connectivity index (χ1v) is 10.0. The van der Waals surface area contributed by atoms with Crippen molar-refractivity contribution in [1.82, 2.24) is 0 Å². The minimum absolute atomic E-state index is 1.05. The summed E-state index contributed by atoms with van der Waals surface area (Å²) in [5.74, 6) is 1.05. The number of aryl methyl sites for hydroxylation is 1. The van der Waals surface area contributed by atoms with Gasteiger partial charge in [-0.05, 0) is 38.2 Å². The highest BCUT2D eigenvalue weighted by Crippen LogP contribution is 2.39. The summed E-state index contributed by atoms with van der Waals surface area (Å²) in [5.41, 5.74) is 1.25. The van der Waals surface area contributed by atoms with Gasteiger partial charge in [0.25, 0.3) is 0 Å². The van der Waals surface area contributed by atoms with E-state index in [0.29, 0.717) is 0 Å². The van der Waals surface area contributed by atoms with E-state index in [2.05, 4.69) is 56.9 Å². The van der Waals surface area contributed by atoms with Crippen molar-refractivity contribution in [2.24, 2.45) is 0 Å². The van der Waals surface area contributed by atoms with Crippen LogP contribution in [0.5, 0.6) is 5.75 Å². The second-order valence-corrected chi connectivity index (χ2v) is 10.8. The molecule has 1 aromatic carbocycles. The smallest absolute Gasteiger partial charge is 0.242 e. The molecular formula is C14H18OSSi. The van der Waals surface area contributed by atoms with E-state index in [1.165, 1.54) is 15.3 Å². The largest absolute Gasteiger partial charge is 0.543 e. The molecule has 0 fully saturated rings. The zero-order valence-corrected chi connectivity index (χ0v) is 12.6. The first-order chi connectivity index (χ1) is 7.96. The highest BCUT2D eigenvalue weighted by atomic mass is 32.1. The third-order valence-electron chi connectivity index (χ3n) is 2.27. The van der Waals surface area contributed by atoms with Crippen molar-refractivity contribution in [3.8, 4) is 16.2 Å². The molecule has 0 saturated carbocycles. The first kappa shape index (κ1) is 12.4. The van der Waals surface area contributed by atoms with E-state index in [4.69, 9.17) is 4.43 Å². The molecule has 0 aliphatic carbocycles. The van der Waals surface area contributed by atoms with E-state index in [0.717, 1.165) is 5.75 Å². The van der Waals surface area contributed by atoms with Crippen LogP contribution in [0.3, 0.4) is 0 Å². The molecule has 1 nitrogen and oxygen atoms in total. The van der Waals surface area contributed by atoms with Gasteiger partial charge in [-0.15, -0.1) is 11.3 Å². The Morgan fingerprint density at radius 1 is 1.06 bits per heavy atom. The lowest BCUT2D eigenvalue weighted by Gasteiger charge is -2.19. The van der Waals surface area contributed by atoms with Crippen LogP contribution in [0.15, 0.2) is 36.4 Å². The third kappa shape index (κ3) is 3.20. The Labute approximate surface area is 108 Å². The topological polar surface area (TPSA) is 9.23 Å². The van der Waals surface area contributed by atoms with Crippen LogP contribution < -0.4 is 4.43 Å². The molecule has 1 aromatic heterocycles. The van der Waals surface area contributed by atoms with Crippen LogP contribution >= 0.6 is 11.3 Å². The highest BCUT2D eigenvalue weighted by Gasteiger charge is 2.20. The zero-order chi connectivity index (χ0) is 12.5. The molecule has 0 saturated heterocycles. The summed E-state index contributed by atoms with van der Waals surface area (Å²) in [4.78, 5) is 2.56. The van der Waals surface area contributed by atoms with E-state index in [1.54, 1.807) is 11.3 Å². The molecule has 0 amide bonds. The number of benzene rings is 1. The van der Waals surface area contributed by atoms with Crippen molar-refractivity contribution in [1.29, 1.82) is 0 Å². The van der Waals surface area contributed by atoms with Crippen LogP contribution in [-0.2, 0) is 0 Å². The maximum atomic E-state index is 6.16. The minimum atomic E-state index is -1.54. The lowest BCUT2D eigenvalue weighted by atomic mass is 10.2. The average Bonchev–Trinajstić information content (AvgIpc) is 2.58. The molecule has 0 N–H and O–H groups in total. The lowest BCUT2D eigenvalue weighted by molar-refractivity contribution is 0.562. The molecule has 0 atom stereocenters. The van der Waals surface area contributed by atoms with Gasteiger partial charge in [0.05, 0.1) is 4.88 Å². The molecule has 0 radical (unpaired) electrons. The Hall–Kier alpha value is -1.06. The Bertz CT molecular complexity index is 497. The summed E-state index contributed by atoms with van der Waals surface area (Å²) in [6.07, 6.45) is 0. The molecule has 0 unspecified atom stereocenters. The summed E-state index contributed by atoms with van der Waals surface area (Å²) in [7, 11) is -1.54. The molecule has 0 spiro atoms. The molecule has 0 bridgehead atoms. The van der Waals surface area contributed by atoms with Gasteiger partial charge >= 0.3 is 0 Å². The molecule has 2 aromatic rings. The van der Waals surface area contributed by atoms with E-state index in [1.807, 2.05) is 6.07 Å². The van der Waals surface area contributed by atoms with Gasteiger partial charge in [-0.1, -0.05) is 30.3 Å². The van der Waals surface area contributed by atoms with Gasteiger partial charge in [-0.3, -0.25) is 0 Å². The number of hydrogen-bond acceptors (Lipinski definition) is 2. The molecule has 90 valence electrons. The Morgan fingerprint density at radius 2 is 1.71 bits per heavy atom. The predicted octanol–water partition coefficient (Wildman–Crippen LogP) is 4.94. The van der Waals surface area contributed by atoms with E-state index in [-0.39, 0.29) is 0 Å². The van der Waals surface area contributed by atoms with Gasteiger partial charge in [0.15, 0.2) is 0 Å². The zero-order valence-electron chi connectivity index (χ0n) is 10.8. The fourth-order valence-corrected chi connectivity index (χ4v) is 3.53. The SMILES string of the molecule is Cc1cc(O[Si](C)(C)C)c(-c2ccccc2)s1. The van der Waals surface area contributed by atoms with Crippen molar-refractivity contribution in [2.45, 2.75) is 26.6 Å². The van der Waals surface area contributed by atoms with E-state index < -0.39 is 8.32 Å². The molecular weight excluding hydrogens is 244 g/mol.